The van der Waals surface area contributed by atoms with Crippen molar-refractivity contribution >= 4 is 17.7 Å². The summed E-state index contributed by atoms with van der Waals surface area (Å²) in [5, 5.41) is 77.8. The first-order valence-corrected chi connectivity index (χ1v) is 23.8. The van der Waals surface area contributed by atoms with E-state index in [4.69, 9.17) is 10.8 Å². The number of benzene rings is 5. The molecular formula is C64H62O8. The molecule has 0 amide bonds. The Bertz CT molecular complexity index is 3320. The van der Waals surface area contributed by atoms with Crippen LogP contribution < -0.4 is 10.6 Å². The average molecular weight is 959 g/mol. The lowest BCUT2D eigenvalue weighted by atomic mass is 9.80. The summed E-state index contributed by atoms with van der Waals surface area (Å²) >= 11 is 0. The summed E-state index contributed by atoms with van der Waals surface area (Å²) in [6, 6.07) is 28.8. The number of hydrogen-bond donors (Lipinski definition) is 7. The molecule has 1 aromatic heterocycles. The quantitative estimate of drug-likeness (QED) is 0.0429. The Morgan fingerprint density at radius 2 is 1.35 bits per heavy atom. The number of aromatic hydroxyl groups is 7. The number of aryl methyl sites for hydroxylation is 1. The number of fused-ring (bicyclic) bond motifs is 2. The Morgan fingerprint density at radius 1 is 0.750 bits per heavy atom. The SMILES string of the molecule is C#C.C#Cc1c(C/C(C)=C(/C=C2\Cc3ccccc3C/C=C\C=C/C2=C)CC(C)c2c(O)c(O)c(O)c(C)c2-c2c(C)c(O)c(O)c(O)c2O)oc2c1=CC(c1ccccc1)=CCC=2.CCc1ccccc1. The molecule has 0 bridgehead atoms. The molecule has 1 heterocycles. The number of hydrogen-bond acceptors (Lipinski definition) is 8. The Balaban J connectivity index is 0.000000763. The van der Waals surface area contributed by atoms with Crippen molar-refractivity contribution < 1.29 is 40.2 Å². The molecule has 8 nitrogen and oxygen atoms in total. The number of rotatable bonds is 9. The van der Waals surface area contributed by atoms with Crippen LogP contribution in [0.25, 0.3) is 28.9 Å². The van der Waals surface area contributed by atoms with E-state index in [1.54, 1.807) is 0 Å². The van der Waals surface area contributed by atoms with Gasteiger partial charge in [0, 0.05) is 33.9 Å². The normalized spacial score (nSPS) is 15.1. The van der Waals surface area contributed by atoms with E-state index in [1.165, 1.54) is 25.0 Å². The van der Waals surface area contributed by atoms with E-state index in [9.17, 15) is 35.7 Å². The van der Waals surface area contributed by atoms with Crippen LogP contribution in [0.4, 0.5) is 0 Å². The molecule has 0 spiro atoms. The largest absolute Gasteiger partial charge is 0.504 e. The first kappa shape index (κ1) is 52.6. The summed E-state index contributed by atoms with van der Waals surface area (Å²) in [4.78, 5) is 0. The molecule has 7 N–H and O–H groups in total. The van der Waals surface area contributed by atoms with Gasteiger partial charge in [-0.15, -0.1) is 19.3 Å². The van der Waals surface area contributed by atoms with E-state index in [0.717, 1.165) is 57.1 Å². The number of terminal acetylenes is 2. The van der Waals surface area contributed by atoms with Crippen molar-refractivity contribution in [3.05, 3.63) is 211 Å². The predicted molar refractivity (Wildman–Crippen MR) is 291 cm³/mol. The molecule has 5 aromatic carbocycles. The molecule has 1 atom stereocenters. The Hall–Kier alpha value is -8.72. The van der Waals surface area contributed by atoms with Crippen LogP contribution >= 0.6 is 0 Å². The maximum absolute atomic E-state index is 11.7. The van der Waals surface area contributed by atoms with Crippen molar-refractivity contribution in [3.8, 4) is 76.6 Å². The van der Waals surface area contributed by atoms with Crippen molar-refractivity contribution in [2.75, 3.05) is 0 Å². The van der Waals surface area contributed by atoms with Gasteiger partial charge in [0.1, 0.15) is 11.2 Å². The molecule has 0 saturated heterocycles. The summed E-state index contributed by atoms with van der Waals surface area (Å²) in [6.45, 7) is 13.4. The van der Waals surface area contributed by atoms with Gasteiger partial charge < -0.3 is 40.2 Å². The van der Waals surface area contributed by atoms with Gasteiger partial charge in [-0.05, 0) is 121 Å². The van der Waals surface area contributed by atoms with Gasteiger partial charge in [0.2, 0.25) is 17.2 Å². The monoisotopic (exact) mass is 958 g/mol. The highest BCUT2D eigenvalue weighted by atomic mass is 16.3. The summed E-state index contributed by atoms with van der Waals surface area (Å²) < 4.78 is 6.58. The van der Waals surface area contributed by atoms with Crippen LogP contribution in [0, 0.1) is 39.0 Å². The number of phenolic OH excluding ortho intramolecular Hbond substituents is 7. The second kappa shape index (κ2) is 23.7. The van der Waals surface area contributed by atoms with Gasteiger partial charge in [-0.2, -0.15) is 0 Å². The molecule has 0 saturated carbocycles. The van der Waals surface area contributed by atoms with Crippen molar-refractivity contribution in [3.63, 3.8) is 0 Å². The fourth-order valence-corrected chi connectivity index (χ4v) is 9.22. The fourth-order valence-electron chi connectivity index (χ4n) is 9.22. The summed E-state index contributed by atoms with van der Waals surface area (Å²) in [5.41, 5.74) is 10.7. The van der Waals surface area contributed by atoms with Gasteiger partial charge in [0.15, 0.2) is 23.0 Å². The second-order valence-corrected chi connectivity index (χ2v) is 17.8. The molecule has 0 fully saturated rings. The topological polar surface area (TPSA) is 155 Å². The van der Waals surface area contributed by atoms with Crippen LogP contribution in [0.15, 0.2) is 155 Å². The zero-order valence-electron chi connectivity index (χ0n) is 41.5. The third kappa shape index (κ3) is 11.3. The maximum Gasteiger partial charge on any atom is 0.204 e. The molecule has 6 aromatic rings. The predicted octanol–water partition coefficient (Wildman–Crippen LogP) is 12.5. The van der Waals surface area contributed by atoms with Gasteiger partial charge in [0.25, 0.3) is 0 Å². The van der Waals surface area contributed by atoms with E-state index >= 15 is 0 Å². The highest BCUT2D eigenvalue weighted by Crippen LogP contribution is 2.57. The minimum absolute atomic E-state index is 0.0246. The lowest BCUT2D eigenvalue weighted by molar-refractivity contribution is 0.345. The van der Waals surface area contributed by atoms with Crippen molar-refractivity contribution in [1.82, 2.24) is 0 Å². The first-order valence-electron chi connectivity index (χ1n) is 23.8. The van der Waals surface area contributed by atoms with Crippen LogP contribution in [0.5, 0.6) is 40.2 Å². The van der Waals surface area contributed by atoms with E-state index in [1.807, 2.05) is 74.5 Å². The lowest BCUT2D eigenvalue weighted by Crippen LogP contribution is -2.21. The molecule has 8 heteroatoms. The van der Waals surface area contributed by atoms with Crippen LogP contribution in [-0.2, 0) is 25.7 Å². The highest BCUT2D eigenvalue weighted by Gasteiger charge is 2.32. The van der Waals surface area contributed by atoms with Crippen LogP contribution in [0.2, 0.25) is 0 Å². The maximum atomic E-state index is 11.7. The zero-order valence-corrected chi connectivity index (χ0v) is 41.5. The minimum Gasteiger partial charge on any atom is -0.504 e. The summed E-state index contributed by atoms with van der Waals surface area (Å²) in [5.74, 6) is -2.56. The van der Waals surface area contributed by atoms with Crippen LogP contribution in [-0.4, -0.2) is 35.7 Å². The lowest BCUT2D eigenvalue weighted by Gasteiger charge is -2.25. The summed E-state index contributed by atoms with van der Waals surface area (Å²) in [6.07, 6.45) is 34.3. The molecule has 0 radical (unpaired) electrons. The Morgan fingerprint density at radius 3 is 1.99 bits per heavy atom. The van der Waals surface area contributed by atoms with Gasteiger partial charge in [-0.1, -0.05) is 153 Å². The Labute approximate surface area is 423 Å². The Kier molecular flexibility index (Phi) is 17.4. The molecule has 0 aliphatic heterocycles. The van der Waals surface area contributed by atoms with Gasteiger partial charge in [-0.3, -0.25) is 0 Å². The van der Waals surface area contributed by atoms with Gasteiger partial charge in [0.05, 0.1) is 5.56 Å². The minimum atomic E-state index is -0.978. The van der Waals surface area contributed by atoms with Gasteiger partial charge >= 0.3 is 0 Å². The van der Waals surface area contributed by atoms with E-state index < -0.39 is 46.2 Å². The van der Waals surface area contributed by atoms with Crippen molar-refractivity contribution in [1.29, 1.82) is 0 Å². The third-order valence-electron chi connectivity index (χ3n) is 13.2. The molecule has 2 aliphatic rings. The molecule has 72 heavy (non-hydrogen) atoms. The van der Waals surface area contributed by atoms with E-state index in [-0.39, 0.29) is 34.2 Å². The average Bonchev–Trinajstić information content (AvgIpc) is 3.58. The van der Waals surface area contributed by atoms with Crippen LogP contribution in [0.1, 0.15) is 89.8 Å². The molecule has 366 valence electrons. The van der Waals surface area contributed by atoms with Crippen LogP contribution in [0.3, 0.4) is 0 Å². The van der Waals surface area contributed by atoms with Crippen molar-refractivity contribution in [2.24, 2.45) is 0 Å². The zero-order chi connectivity index (χ0) is 52.2. The van der Waals surface area contributed by atoms with Crippen molar-refractivity contribution in [2.45, 2.75) is 79.1 Å². The number of furan rings is 1. The second-order valence-electron chi connectivity index (χ2n) is 17.8. The molecule has 1 unspecified atom stereocenters. The molecular weight excluding hydrogens is 897 g/mol. The highest BCUT2D eigenvalue weighted by molar-refractivity contribution is 5.90. The van der Waals surface area contributed by atoms with E-state index in [0.29, 0.717) is 36.0 Å². The first-order chi connectivity index (χ1) is 34.6. The fraction of sp³-hybridized carbons (Fsp3) is 0.188. The smallest absolute Gasteiger partial charge is 0.204 e. The molecule has 8 rings (SSSR count). The standard InChI is InChI=1S/C54H50O8.C8H10.C2H2/c1-7-41-42-29-38(36-19-12-9-13-20-36)23-16-24-43(42)62-44(41)26-31(3)39(28-40-27-37-22-15-14-21-35(37)18-11-8-10-17-30(40)2)25-32(4)45-46(33(5)48(55)52(59)50(45)57)47-34(6)49(56)53(60)54(61)51(47)58;1-2-8-6-4-3-5-7-8;1-2/h1,8-15,17,19-24,28-29,32,55-61H,2,16,18,25-27H2,3-6H3;3-7H,2H2,1H3;1-2H/b11-8-,17-10-,39-31+,40-28+;;. The number of phenols is 7. The third-order valence-corrected chi connectivity index (χ3v) is 13.2. The molecule has 2 aliphatic carbocycles. The summed E-state index contributed by atoms with van der Waals surface area (Å²) in [7, 11) is 0. The van der Waals surface area contributed by atoms with E-state index in [2.05, 4.69) is 105 Å². The van der Waals surface area contributed by atoms with Gasteiger partial charge in [-0.25, -0.2) is 0 Å². The number of allylic oxidation sites excluding steroid dienone is 11.